The molecule has 1 saturated carbocycles. The lowest BCUT2D eigenvalue weighted by Crippen LogP contribution is -2.27. The first-order valence-corrected chi connectivity index (χ1v) is 12.2. The molecule has 3 aromatic heterocycles. The van der Waals surface area contributed by atoms with Crippen LogP contribution in [0.5, 0.6) is 11.5 Å². The molecular formula is C27H23ClN4O4. The highest BCUT2D eigenvalue weighted by molar-refractivity contribution is 6.36. The van der Waals surface area contributed by atoms with Crippen molar-refractivity contribution in [3.8, 4) is 11.5 Å². The van der Waals surface area contributed by atoms with Gasteiger partial charge < -0.3 is 14.8 Å². The zero-order chi connectivity index (χ0) is 24.8. The topological polar surface area (TPSA) is 113 Å². The molecule has 3 heterocycles. The maximum Gasteiger partial charge on any atom is 0.276 e. The van der Waals surface area contributed by atoms with E-state index in [0.29, 0.717) is 70.2 Å². The van der Waals surface area contributed by atoms with Gasteiger partial charge in [-0.25, -0.2) is 9.67 Å². The lowest BCUT2D eigenvalue weighted by molar-refractivity contribution is 0.103. The number of carbonyl (C=O) groups is 1. The summed E-state index contributed by atoms with van der Waals surface area (Å²) in [6.45, 7) is 0. The van der Waals surface area contributed by atoms with Crippen LogP contribution >= 0.6 is 11.6 Å². The number of rotatable bonds is 5. The highest BCUT2D eigenvalue weighted by Gasteiger charge is 2.26. The second kappa shape index (κ2) is 8.96. The van der Waals surface area contributed by atoms with Gasteiger partial charge in [0.05, 0.1) is 39.0 Å². The SMILES string of the molecule is O=C(c1ccc(Oc2ccccc2)cc1Cl)c1c[nH]c2ncc3c(=O)n([C@H]4CC[C@@H](O)CC4)[nH]c3c12. The molecule has 0 unspecified atom stereocenters. The Kier molecular flexibility index (Phi) is 5.62. The molecule has 6 rings (SSSR count). The molecule has 1 aliphatic carbocycles. The summed E-state index contributed by atoms with van der Waals surface area (Å²) in [4.78, 5) is 34.2. The number of nitrogens with one attached hydrogen (secondary N) is 2. The molecule has 182 valence electrons. The molecule has 0 bridgehead atoms. The Morgan fingerprint density at radius 3 is 2.58 bits per heavy atom. The van der Waals surface area contributed by atoms with E-state index in [4.69, 9.17) is 16.3 Å². The van der Waals surface area contributed by atoms with E-state index < -0.39 is 0 Å². The molecular weight excluding hydrogens is 480 g/mol. The largest absolute Gasteiger partial charge is 0.457 e. The molecule has 36 heavy (non-hydrogen) atoms. The van der Waals surface area contributed by atoms with Gasteiger partial charge in [0.25, 0.3) is 5.56 Å². The van der Waals surface area contributed by atoms with E-state index in [-0.39, 0.29) is 28.5 Å². The Labute approximate surface area is 210 Å². The second-order valence-electron chi connectivity index (χ2n) is 9.11. The summed E-state index contributed by atoms with van der Waals surface area (Å²) in [6.07, 6.45) is 5.51. The number of aromatic amines is 2. The number of fused-ring (bicyclic) bond motifs is 3. The van der Waals surface area contributed by atoms with E-state index in [1.165, 1.54) is 6.20 Å². The van der Waals surface area contributed by atoms with Crippen molar-refractivity contribution in [2.75, 3.05) is 0 Å². The number of ether oxygens (including phenoxy) is 1. The van der Waals surface area contributed by atoms with Crippen molar-refractivity contribution in [2.45, 2.75) is 37.8 Å². The monoisotopic (exact) mass is 502 g/mol. The van der Waals surface area contributed by atoms with E-state index in [1.807, 2.05) is 30.3 Å². The lowest BCUT2D eigenvalue weighted by Gasteiger charge is -2.25. The minimum absolute atomic E-state index is 0.0342. The van der Waals surface area contributed by atoms with E-state index in [9.17, 15) is 14.7 Å². The van der Waals surface area contributed by atoms with Crippen molar-refractivity contribution in [3.63, 3.8) is 0 Å². The third kappa shape index (κ3) is 3.88. The van der Waals surface area contributed by atoms with Crippen LogP contribution in [0.4, 0.5) is 0 Å². The van der Waals surface area contributed by atoms with Gasteiger partial charge in [0.2, 0.25) is 0 Å². The van der Waals surface area contributed by atoms with Gasteiger partial charge in [0, 0.05) is 24.0 Å². The summed E-state index contributed by atoms with van der Waals surface area (Å²) in [6, 6.07) is 14.2. The zero-order valence-electron chi connectivity index (χ0n) is 19.2. The fourth-order valence-electron chi connectivity index (χ4n) is 4.94. The molecule has 1 fully saturated rings. The van der Waals surface area contributed by atoms with Crippen LogP contribution in [0.1, 0.15) is 47.6 Å². The Bertz CT molecular complexity index is 1650. The van der Waals surface area contributed by atoms with Gasteiger partial charge in [0.1, 0.15) is 17.1 Å². The van der Waals surface area contributed by atoms with Crippen LogP contribution in [0.25, 0.3) is 21.9 Å². The zero-order valence-corrected chi connectivity index (χ0v) is 20.0. The maximum atomic E-state index is 13.6. The number of aromatic nitrogens is 4. The summed E-state index contributed by atoms with van der Waals surface area (Å²) in [5.74, 6) is 0.893. The van der Waals surface area contributed by atoms with Crippen LogP contribution in [0.15, 0.2) is 65.7 Å². The quantitative estimate of drug-likeness (QED) is 0.280. The molecule has 0 aliphatic heterocycles. The van der Waals surface area contributed by atoms with Crippen molar-refractivity contribution >= 4 is 39.3 Å². The van der Waals surface area contributed by atoms with Crippen molar-refractivity contribution < 1.29 is 14.6 Å². The first kappa shape index (κ1) is 22.6. The van der Waals surface area contributed by atoms with Crippen molar-refractivity contribution in [1.29, 1.82) is 0 Å². The van der Waals surface area contributed by atoms with Crippen LogP contribution in [-0.2, 0) is 0 Å². The fourth-order valence-corrected chi connectivity index (χ4v) is 5.20. The number of aliphatic hydroxyl groups excluding tert-OH is 1. The number of benzene rings is 2. The van der Waals surface area contributed by atoms with E-state index in [2.05, 4.69) is 15.1 Å². The predicted octanol–water partition coefficient (Wildman–Crippen LogP) is 5.36. The highest BCUT2D eigenvalue weighted by atomic mass is 35.5. The molecule has 3 N–H and O–H groups in total. The fraction of sp³-hybridized carbons (Fsp3) is 0.222. The van der Waals surface area contributed by atoms with Crippen LogP contribution in [-0.4, -0.2) is 36.7 Å². The number of H-pyrrole nitrogens is 2. The van der Waals surface area contributed by atoms with Crippen LogP contribution in [0.2, 0.25) is 5.02 Å². The van der Waals surface area contributed by atoms with Crippen molar-refractivity contribution in [2.24, 2.45) is 0 Å². The number of para-hydroxylation sites is 1. The third-order valence-corrected chi connectivity index (χ3v) is 7.14. The molecule has 0 amide bonds. The second-order valence-corrected chi connectivity index (χ2v) is 9.52. The summed E-state index contributed by atoms with van der Waals surface area (Å²) in [5.41, 5.74) is 1.56. The molecule has 0 radical (unpaired) electrons. The van der Waals surface area contributed by atoms with E-state index in [0.717, 1.165) is 0 Å². The van der Waals surface area contributed by atoms with Gasteiger partial charge in [-0.05, 0) is 49.9 Å². The van der Waals surface area contributed by atoms with Gasteiger partial charge in [-0.15, -0.1) is 0 Å². The smallest absolute Gasteiger partial charge is 0.276 e. The number of carbonyl (C=O) groups excluding carboxylic acids is 1. The number of ketones is 1. The van der Waals surface area contributed by atoms with Crippen molar-refractivity contribution in [3.05, 3.63) is 87.4 Å². The summed E-state index contributed by atoms with van der Waals surface area (Å²) in [7, 11) is 0. The molecule has 0 atom stereocenters. The number of halogens is 1. The van der Waals surface area contributed by atoms with Crippen LogP contribution in [0.3, 0.4) is 0 Å². The summed E-state index contributed by atoms with van der Waals surface area (Å²) < 4.78 is 7.44. The molecule has 0 saturated heterocycles. The van der Waals surface area contributed by atoms with Gasteiger partial charge in [-0.3, -0.25) is 14.7 Å². The number of nitrogens with zero attached hydrogens (tertiary/aromatic N) is 2. The summed E-state index contributed by atoms with van der Waals surface area (Å²) in [5, 5.41) is 14.3. The number of pyridine rings is 1. The minimum atomic E-state index is -0.321. The van der Waals surface area contributed by atoms with Gasteiger partial charge >= 0.3 is 0 Å². The average Bonchev–Trinajstić information content (AvgIpc) is 3.46. The van der Waals surface area contributed by atoms with Crippen LogP contribution < -0.4 is 10.3 Å². The minimum Gasteiger partial charge on any atom is -0.457 e. The Morgan fingerprint density at radius 2 is 1.83 bits per heavy atom. The normalized spacial score (nSPS) is 18.1. The predicted molar refractivity (Wildman–Crippen MR) is 137 cm³/mol. The Morgan fingerprint density at radius 1 is 1.06 bits per heavy atom. The third-order valence-electron chi connectivity index (χ3n) is 6.82. The summed E-state index contributed by atoms with van der Waals surface area (Å²) >= 11 is 6.51. The molecule has 9 heteroatoms. The Balaban J connectivity index is 1.38. The molecule has 1 aliphatic rings. The molecule has 8 nitrogen and oxygen atoms in total. The number of hydrogen-bond acceptors (Lipinski definition) is 5. The van der Waals surface area contributed by atoms with Crippen molar-refractivity contribution in [1.82, 2.24) is 19.7 Å². The first-order valence-electron chi connectivity index (χ1n) is 11.8. The van der Waals surface area contributed by atoms with E-state index in [1.54, 1.807) is 29.1 Å². The average molecular weight is 503 g/mol. The van der Waals surface area contributed by atoms with Crippen LogP contribution in [0, 0.1) is 0 Å². The van der Waals surface area contributed by atoms with Gasteiger partial charge in [-0.1, -0.05) is 29.8 Å². The maximum absolute atomic E-state index is 13.6. The standard InChI is InChI=1S/C27H23ClN4O4/c28-22-12-18(36-17-4-2-1-3-5-17)10-11-19(22)25(34)20-13-29-26-23(20)24-21(14-30-26)27(35)32(31-24)15-6-8-16(33)9-7-15/h1-5,10-16,31,33H,6-9H2,(H,29,30)/t15-,16+. The first-order chi connectivity index (χ1) is 17.5. The Hall–Kier alpha value is -3.88. The highest BCUT2D eigenvalue weighted by Crippen LogP contribution is 2.32. The van der Waals surface area contributed by atoms with E-state index >= 15 is 0 Å². The molecule has 5 aromatic rings. The molecule has 2 aromatic carbocycles. The number of hydrogen-bond donors (Lipinski definition) is 3. The number of aliphatic hydroxyl groups is 1. The van der Waals surface area contributed by atoms with Gasteiger partial charge in [0.15, 0.2) is 5.78 Å². The lowest BCUT2D eigenvalue weighted by atomic mass is 9.93. The molecule has 0 spiro atoms. The van der Waals surface area contributed by atoms with Gasteiger partial charge in [-0.2, -0.15) is 0 Å².